The summed E-state index contributed by atoms with van der Waals surface area (Å²) in [5.41, 5.74) is 2.48. The molecule has 0 atom stereocenters. The highest BCUT2D eigenvalue weighted by Gasteiger charge is 2.16. The molecule has 0 aromatic heterocycles. The number of para-hydroxylation sites is 1. The molecule has 0 unspecified atom stereocenters. The fourth-order valence-electron chi connectivity index (χ4n) is 1.72. The molecule has 0 aliphatic heterocycles. The number of nitrogens with one attached hydrogen (secondary N) is 1. The van der Waals surface area contributed by atoms with Crippen molar-refractivity contribution in [3.63, 3.8) is 0 Å². The largest absolute Gasteiger partial charge is 0.371 e. The molecule has 1 aromatic carbocycles. The Hall–Kier alpha value is -0.730. The van der Waals surface area contributed by atoms with Crippen LogP contribution in [0.5, 0.6) is 0 Å². The maximum atomic E-state index is 6.35. The fourth-order valence-corrected chi connectivity index (χ4v) is 2.04. The third-order valence-electron chi connectivity index (χ3n) is 3.01. The van der Waals surface area contributed by atoms with Gasteiger partial charge in [0, 0.05) is 25.2 Å². The van der Waals surface area contributed by atoms with Crippen LogP contribution in [0.4, 0.5) is 5.69 Å². The lowest BCUT2D eigenvalue weighted by atomic mass is 10.1. The number of benzene rings is 1. The van der Waals surface area contributed by atoms with Gasteiger partial charge in [-0.1, -0.05) is 23.7 Å². The topological polar surface area (TPSA) is 15.3 Å². The summed E-state index contributed by atoms with van der Waals surface area (Å²) in [5.74, 6) is 0. The minimum Gasteiger partial charge on any atom is -0.371 e. The van der Waals surface area contributed by atoms with Crippen LogP contribution in [0.1, 0.15) is 40.2 Å². The van der Waals surface area contributed by atoms with Crippen LogP contribution in [0.2, 0.25) is 5.02 Å². The molecule has 0 spiro atoms. The molecule has 0 bridgehead atoms. The van der Waals surface area contributed by atoms with Crippen LogP contribution in [0.3, 0.4) is 0 Å². The summed E-state index contributed by atoms with van der Waals surface area (Å²) >= 11 is 6.35. The van der Waals surface area contributed by atoms with Gasteiger partial charge in [0.15, 0.2) is 0 Å². The van der Waals surface area contributed by atoms with E-state index in [0.717, 1.165) is 17.3 Å². The second-order valence-corrected chi connectivity index (χ2v) is 6.46. The maximum Gasteiger partial charge on any atom is 0.0642 e. The number of hydrogen-bond donors (Lipinski definition) is 1. The number of hydrogen-bond acceptors (Lipinski definition) is 2. The molecule has 2 nitrogen and oxygen atoms in total. The summed E-state index contributed by atoms with van der Waals surface area (Å²) in [7, 11) is 2.09. The summed E-state index contributed by atoms with van der Waals surface area (Å²) in [6.07, 6.45) is 0. The van der Waals surface area contributed by atoms with Crippen molar-refractivity contribution in [1.29, 1.82) is 0 Å². The van der Waals surface area contributed by atoms with Crippen LogP contribution in [-0.2, 0) is 6.54 Å². The minimum atomic E-state index is 0.107. The zero-order chi connectivity index (χ0) is 13.9. The van der Waals surface area contributed by atoms with Crippen molar-refractivity contribution in [1.82, 2.24) is 5.32 Å². The number of halogens is 1. The van der Waals surface area contributed by atoms with E-state index >= 15 is 0 Å². The van der Waals surface area contributed by atoms with Gasteiger partial charge in [-0.3, -0.25) is 0 Å². The Kier molecular flexibility index (Phi) is 5.06. The van der Waals surface area contributed by atoms with Crippen LogP contribution >= 0.6 is 11.6 Å². The van der Waals surface area contributed by atoms with Gasteiger partial charge in [0.25, 0.3) is 0 Å². The van der Waals surface area contributed by atoms with Gasteiger partial charge < -0.3 is 10.2 Å². The van der Waals surface area contributed by atoms with Crippen molar-refractivity contribution >= 4 is 17.3 Å². The van der Waals surface area contributed by atoms with E-state index in [1.165, 1.54) is 5.56 Å². The average molecular weight is 269 g/mol. The summed E-state index contributed by atoms with van der Waals surface area (Å²) < 4.78 is 0. The first-order valence-electron chi connectivity index (χ1n) is 6.47. The van der Waals surface area contributed by atoms with Crippen molar-refractivity contribution in [2.24, 2.45) is 0 Å². The first-order valence-corrected chi connectivity index (χ1v) is 6.85. The molecule has 1 aromatic rings. The van der Waals surface area contributed by atoms with Gasteiger partial charge in [-0.15, -0.1) is 0 Å². The third kappa shape index (κ3) is 4.18. The number of anilines is 1. The van der Waals surface area contributed by atoms with Gasteiger partial charge in [0.05, 0.1) is 10.7 Å². The van der Waals surface area contributed by atoms with E-state index in [2.05, 4.69) is 57.9 Å². The maximum absolute atomic E-state index is 6.35. The molecular formula is C15H25ClN2. The van der Waals surface area contributed by atoms with Crippen molar-refractivity contribution in [3.8, 4) is 0 Å². The van der Waals surface area contributed by atoms with Crippen LogP contribution in [0.25, 0.3) is 0 Å². The van der Waals surface area contributed by atoms with Crippen LogP contribution in [0, 0.1) is 0 Å². The Morgan fingerprint density at radius 1 is 1.28 bits per heavy atom. The predicted molar refractivity (Wildman–Crippen MR) is 81.6 cm³/mol. The first-order chi connectivity index (χ1) is 8.22. The molecule has 18 heavy (non-hydrogen) atoms. The van der Waals surface area contributed by atoms with E-state index in [9.17, 15) is 0 Å². The Morgan fingerprint density at radius 2 is 1.89 bits per heavy atom. The molecule has 0 aliphatic carbocycles. The average Bonchev–Trinajstić information content (AvgIpc) is 2.24. The molecule has 0 radical (unpaired) electrons. The van der Waals surface area contributed by atoms with Crippen LogP contribution in [-0.4, -0.2) is 18.6 Å². The Morgan fingerprint density at radius 3 is 2.39 bits per heavy atom. The number of nitrogens with zero attached hydrogens (tertiary/aromatic N) is 1. The SMILES string of the molecule is CC(C)N(C)c1c(Cl)cccc1CNC(C)(C)C. The van der Waals surface area contributed by atoms with E-state index in [0.29, 0.717) is 6.04 Å². The molecule has 1 N–H and O–H groups in total. The lowest BCUT2D eigenvalue weighted by Gasteiger charge is -2.29. The zero-order valence-electron chi connectivity index (χ0n) is 12.3. The molecule has 0 saturated heterocycles. The molecule has 0 amide bonds. The molecule has 1 rings (SSSR count). The first kappa shape index (κ1) is 15.3. The van der Waals surface area contributed by atoms with Gasteiger partial charge >= 0.3 is 0 Å². The smallest absolute Gasteiger partial charge is 0.0642 e. The molecule has 3 heteroatoms. The molecule has 0 fully saturated rings. The van der Waals surface area contributed by atoms with E-state index in [-0.39, 0.29) is 5.54 Å². The summed E-state index contributed by atoms with van der Waals surface area (Å²) in [4.78, 5) is 2.22. The standard InChI is InChI=1S/C15H25ClN2/c1-11(2)18(6)14-12(8-7-9-13(14)16)10-17-15(3,4)5/h7-9,11,17H,10H2,1-6H3. The van der Waals surface area contributed by atoms with Crippen molar-refractivity contribution in [2.45, 2.75) is 52.7 Å². The Balaban J connectivity index is 3.01. The minimum absolute atomic E-state index is 0.107. The van der Waals surface area contributed by atoms with Gasteiger partial charge in [0.2, 0.25) is 0 Å². The van der Waals surface area contributed by atoms with E-state index < -0.39 is 0 Å². The Labute approximate surface area is 116 Å². The Bertz CT molecular complexity index is 394. The second-order valence-electron chi connectivity index (χ2n) is 6.06. The lowest BCUT2D eigenvalue weighted by molar-refractivity contribution is 0.424. The third-order valence-corrected chi connectivity index (χ3v) is 3.31. The molecule has 102 valence electrons. The molecule has 0 heterocycles. The van der Waals surface area contributed by atoms with Gasteiger partial charge in [0.1, 0.15) is 0 Å². The van der Waals surface area contributed by atoms with E-state index in [1.54, 1.807) is 0 Å². The van der Waals surface area contributed by atoms with Crippen LogP contribution < -0.4 is 10.2 Å². The fraction of sp³-hybridized carbons (Fsp3) is 0.600. The summed E-state index contributed by atoms with van der Waals surface area (Å²) in [6.45, 7) is 11.7. The highest BCUT2D eigenvalue weighted by molar-refractivity contribution is 6.33. The van der Waals surface area contributed by atoms with Crippen LogP contribution in [0.15, 0.2) is 18.2 Å². The quantitative estimate of drug-likeness (QED) is 0.885. The van der Waals surface area contributed by atoms with Crippen molar-refractivity contribution in [2.75, 3.05) is 11.9 Å². The predicted octanol–water partition coefficient (Wildman–Crippen LogP) is 4.07. The van der Waals surface area contributed by atoms with E-state index in [4.69, 9.17) is 11.6 Å². The molecule has 0 aliphatic rings. The summed E-state index contributed by atoms with van der Waals surface area (Å²) in [5, 5.41) is 4.33. The number of rotatable bonds is 4. The zero-order valence-corrected chi connectivity index (χ0v) is 13.1. The van der Waals surface area contributed by atoms with Crippen molar-refractivity contribution < 1.29 is 0 Å². The second kappa shape index (κ2) is 5.94. The normalized spacial score (nSPS) is 12.0. The van der Waals surface area contributed by atoms with Gasteiger partial charge in [-0.25, -0.2) is 0 Å². The lowest BCUT2D eigenvalue weighted by Crippen LogP contribution is -2.36. The highest BCUT2D eigenvalue weighted by atomic mass is 35.5. The van der Waals surface area contributed by atoms with E-state index in [1.807, 2.05) is 12.1 Å². The highest BCUT2D eigenvalue weighted by Crippen LogP contribution is 2.30. The molecular weight excluding hydrogens is 244 g/mol. The van der Waals surface area contributed by atoms with Gasteiger partial charge in [-0.2, -0.15) is 0 Å². The molecule has 0 saturated carbocycles. The monoisotopic (exact) mass is 268 g/mol. The summed E-state index contributed by atoms with van der Waals surface area (Å²) in [6, 6.07) is 6.53. The van der Waals surface area contributed by atoms with Crippen molar-refractivity contribution in [3.05, 3.63) is 28.8 Å². The van der Waals surface area contributed by atoms with Gasteiger partial charge in [-0.05, 0) is 46.2 Å².